The van der Waals surface area contributed by atoms with E-state index in [9.17, 15) is 0 Å². The molecule has 0 saturated heterocycles. The molecule has 0 spiro atoms. The van der Waals surface area contributed by atoms with Crippen molar-refractivity contribution in [2.75, 3.05) is 18.5 Å². The molecular formula is C27H31N2S2+. The second-order valence-electron chi connectivity index (χ2n) is 9.49. The Morgan fingerprint density at radius 1 is 1.06 bits per heavy atom. The largest absolute Gasteiger partial charge is 0.335 e. The van der Waals surface area contributed by atoms with Crippen LogP contribution in [0.25, 0.3) is 0 Å². The van der Waals surface area contributed by atoms with Crippen LogP contribution in [-0.2, 0) is 0 Å². The topological polar surface area (TPSA) is 7.68 Å². The van der Waals surface area contributed by atoms with Gasteiger partial charge in [0.25, 0.3) is 0 Å². The molecule has 4 heteroatoms. The van der Waals surface area contributed by atoms with E-state index in [-0.39, 0.29) is 5.41 Å². The van der Waals surface area contributed by atoms with Gasteiger partial charge in [0, 0.05) is 17.5 Å². The van der Waals surface area contributed by atoms with Crippen molar-refractivity contribution in [3.05, 3.63) is 82.9 Å². The average Bonchev–Trinajstić information content (AvgIpc) is 3.24. The zero-order valence-corrected chi connectivity index (χ0v) is 20.4. The molecule has 2 unspecified atom stereocenters. The molecule has 0 radical (unpaired) electrons. The van der Waals surface area contributed by atoms with Crippen molar-refractivity contribution in [3.8, 4) is 0 Å². The highest BCUT2D eigenvalue weighted by Gasteiger charge is 2.33. The lowest BCUT2D eigenvalue weighted by Gasteiger charge is -2.31. The van der Waals surface area contributed by atoms with E-state index in [2.05, 4.69) is 99.5 Å². The van der Waals surface area contributed by atoms with Gasteiger partial charge >= 0.3 is 0 Å². The number of fused-ring (bicyclic) bond motifs is 2. The van der Waals surface area contributed by atoms with Crippen LogP contribution in [0.5, 0.6) is 0 Å². The van der Waals surface area contributed by atoms with E-state index in [4.69, 9.17) is 0 Å². The monoisotopic (exact) mass is 447 g/mol. The molecule has 31 heavy (non-hydrogen) atoms. The Labute approximate surface area is 195 Å². The van der Waals surface area contributed by atoms with Gasteiger partial charge in [-0.3, -0.25) is 4.90 Å². The summed E-state index contributed by atoms with van der Waals surface area (Å²) < 4.78 is 0. The van der Waals surface area contributed by atoms with Crippen LogP contribution in [0, 0.1) is 5.41 Å². The maximum Gasteiger partial charge on any atom is 0.163 e. The van der Waals surface area contributed by atoms with Crippen LogP contribution >= 0.6 is 23.5 Å². The van der Waals surface area contributed by atoms with Crippen LogP contribution in [0.1, 0.15) is 33.6 Å². The number of nitrogens with zero attached hydrogens (tertiary/aromatic N) is 1. The average molecular weight is 448 g/mol. The quantitative estimate of drug-likeness (QED) is 0.582. The maximum absolute atomic E-state index is 2.52. The highest BCUT2D eigenvalue weighted by atomic mass is 32.2. The zero-order valence-electron chi connectivity index (χ0n) is 18.8. The highest BCUT2D eigenvalue weighted by molar-refractivity contribution is 8.03. The number of para-hydroxylation sites is 2. The first-order chi connectivity index (χ1) is 14.9. The van der Waals surface area contributed by atoms with Crippen molar-refractivity contribution in [2.24, 2.45) is 5.41 Å². The van der Waals surface area contributed by atoms with E-state index in [0.717, 1.165) is 19.4 Å². The second-order valence-corrected chi connectivity index (χ2v) is 11.7. The summed E-state index contributed by atoms with van der Waals surface area (Å²) in [5, 5.41) is 1.81. The Morgan fingerprint density at radius 2 is 1.81 bits per heavy atom. The molecule has 2 aromatic rings. The standard InChI is InChI=1S/C27H30N2S2/c1-5-29-22-11-7-9-13-24(22)31-26(29)16-20-14-19(17-27(2,3)18-20)15-25-28(4)21-10-6-8-12-23(21)30-25/h6-16,25H,5,17-18H2,1-4H3/p+1/b19-15-,26-16+. The molecule has 3 aliphatic rings. The molecule has 1 N–H and O–H groups in total. The van der Waals surface area contributed by atoms with E-state index in [1.54, 1.807) is 0 Å². The van der Waals surface area contributed by atoms with Gasteiger partial charge in [0.2, 0.25) is 0 Å². The fourth-order valence-corrected chi connectivity index (χ4v) is 7.52. The molecular weight excluding hydrogens is 416 g/mol. The minimum atomic E-state index is 0.282. The summed E-state index contributed by atoms with van der Waals surface area (Å²) in [5.41, 5.74) is 5.99. The number of nitrogens with one attached hydrogen (secondary N) is 1. The van der Waals surface area contributed by atoms with E-state index >= 15 is 0 Å². The van der Waals surface area contributed by atoms with Gasteiger partial charge in [-0.25, -0.2) is 0 Å². The lowest BCUT2D eigenvalue weighted by atomic mass is 9.75. The molecule has 0 amide bonds. The minimum Gasteiger partial charge on any atom is -0.335 e. The lowest BCUT2D eigenvalue weighted by Crippen LogP contribution is -3.05. The molecule has 0 fully saturated rings. The van der Waals surface area contributed by atoms with Gasteiger partial charge < -0.3 is 4.90 Å². The van der Waals surface area contributed by atoms with E-state index < -0.39 is 0 Å². The van der Waals surface area contributed by atoms with Gasteiger partial charge in [0.15, 0.2) is 5.37 Å². The number of benzene rings is 2. The number of quaternary nitrogens is 1. The van der Waals surface area contributed by atoms with Crippen LogP contribution in [0.4, 0.5) is 11.4 Å². The predicted octanol–water partition coefficient (Wildman–Crippen LogP) is 6.41. The van der Waals surface area contributed by atoms with Crippen molar-refractivity contribution in [1.29, 1.82) is 0 Å². The molecule has 0 saturated carbocycles. The molecule has 2 aromatic carbocycles. The van der Waals surface area contributed by atoms with E-state index in [0.29, 0.717) is 5.37 Å². The van der Waals surface area contributed by atoms with E-state index in [1.807, 2.05) is 23.5 Å². The number of rotatable bonds is 3. The van der Waals surface area contributed by atoms with Crippen LogP contribution < -0.4 is 9.80 Å². The van der Waals surface area contributed by atoms with Crippen LogP contribution in [0.15, 0.2) is 92.7 Å². The Morgan fingerprint density at radius 3 is 2.58 bits per heavy atom. The Balaban J connectivity index is 1.45. The third-order valence-corrected chi connectivity index (χ3v) is 8.82. The van der Waals surface area contributed by atoms with Gasteiger partial charge in [-0.1, -0.05) is 67.7 Å². The number of thioether (sulfide) groups is 2. The van der Waals surface area contributed by atoms with Gasteiger partial charge in [-0.05, 0) is 66.7 Å². The molecule has 0 aromatic heterocycles. The normalized spacial score (nSPS) is 26.8. The van der Waals surface area contributed by atoms with Crippen molar-refractivity contribution in [3.63, 3.8) is 0 Å². The molecule has 5 rings (SSSR count). The molecule has 2 atom stereocenters. The summed E-state index contributed by atoms with van der Waals surface area (Å²) >= 11 is 3.90. The summed E-state index contributed by atoms with van der Waals surface area (Å²) in [6.07, 6.45) is 9.70. The smallest absolute Gasteiger partial charge is 0.163 e. The first kappa shape index (κ1) is 21.0. The van der Waals surface area contributed by atoms with Crippen LogP contribution in [0.2, 0.25) is 0 Å². The van der Waals surface area contributed by atoms with Crippen LogP contribution in [-0.4, -0.2) is 19.0 Å². The fraction of sp³-hybridized carbons (Fsp3) is 0.333. The highest BCUT2D eigenvalue weighted by Crippen LogP contribution is 2.47. The minimum absolute atomic E-state index is 0.282. The number of likely N-dealkylation sites (N-methyl/N-ethyl adjacent to an activating group) is 1. The summed E-state index contributed by atoms with van der Waals surface area (Å²) in [7, 11) is 2.30. The number of anilines is 1. The molecule has 160 valence electrons. The molecule has 2 nitrogen and oxygen atoms in total. The third kappa shape index (κ3) is 4.13. The van der Waals surface area contributed by atoms with Crippen molar-refractivity contribution >= 4 is 34.9 Å². The van der Waals surface area contributed by atoms with Crippen LogP contribution in [0.3, 0.4) is 0 Å². The Kier molecular flexibility index (Phi) is 5.58. The lowest BCUT2D eigenvalue weighted by molar-refractivity contribution is -0.812. The molecule has 0 bridgehead atoms. The fourth-order valence-electron chi connectivity index (χ4n) is 4.98. The second kappa shape index (κ2) is 8.23. The van der Waals surface area contributed by atoms with Gasteiger partial charge in [0.05, 0.1) is 22.7 Å². The number of hydrogen-bond donors (Lipinski definition) is 1. The maximum atomic E-state index is 2.52. The third-order valence-electron chi connectivity index (χ3n) is 6.36. The summed E-state index contributed by atoms with van der Waals surface area (Å²) in [6, 6.07) is 17.6. The van der Waals surface area contributed by atoms with E-state index in [1.165, 1.54) is 42.2 Å². The molecule has 2 aliphatic heterocycles. The molecule has 1 aliphatic carbocycles. The van der Waals surface area contributed by atoms with Crippen molar-refractivity contribution in [2.45, 2.75) is 48.8 Å². The Bertz CT molecular complexity index is 1100. The summed E-state index contributed by atoms with van der Waals surface area (Å²) in [5.74, 6) is 0. The summed E-state index contributed by atoms with van der Waals surface area (Å²) in [4.78, 5) is 6.73. The number of allylic oxidation sites excluding steroid dienone is 4. The zero-order chi connectivity index (χ0) is 21.6. The first-order valence-electron chi connectivity index (χ1n) is 11.2. The SMILES string of the molecule is CCN1/C(=C\C2=CC(=C/C3Sc4ccccc4[NH+]3C)/CC(C)(C)C2)Sc2ccccc21. The molecule has 2 heterocycles. The van der Waals surface area contributed by atoms with Gasteiger partial charge in [0.1, 0.15) is 5.69 Å². The number of hydrogen-bond acceptors (Lipinski definition) is 3. The van der Waals surface area contributed by atoms with Crippen molar-refractivity contribution < 1.29 is 4.90 Å². The van der Waals surface area contributed by atoms with Crippen molar-refractivity contribution in [1.82, 2.24) is 0 Å². The summed E-state index contributed by atoms with van der Waals surface area (Å²) in [6.45, 7) is 8.07. The first-order valence-corrected chi connectivity index (χ1v) is 12.9. The van der Waals surface area contributed by atoms with Gasteiger partial charge in [-0.15, -0.1) is 0 Å². The van der Waals surface area contributed by atoms with Gasteiger partial charge in [-0.2, -0.15) is 0 Å². The predicted molar refractivity (Wildman–Crippen MR) is 135 cm³/mol. The Hall–Kier alpha value is -1.88.